The van der Waals surface area contributed by atoms with Crippen LogP contribution in [0.5, 0.6) is 11.5 Å². The number of amides is 4. The number of ether oxygens (including phenoxy) is 1. The smallest absolute Gasteiger partial charge is 0.324 e. The quantitative estimate of drug-likeness (QED) is 0.259. The number of piperidine rings is 1. The number of aromatic nitrogens is 3. The van der Waals surface area contributed by atoms with E-state index in [0.29, 0.717) is 66.7 Å². The second-order valence-electron chi connectivity index (χ2n) is 11.9. The van der Waals surface area contributed by atoms with Crippen molar-refractivity contribution in [1.29, 1.82) is 0 Å². The van der Waals surface area contributed by atoms with E-state index in [1.165, 1.54) is 4.90 Å². The van der Waals surface area contributed by atoms with Gasteiger partial charge in [-0.25, -0.2) is 9.48 Å². The summed E-state index contributed by atoms with van der Waals surface area (Å²) < 4.78 is 7.40. The third-order valence-corrected chi connectivity index (χ3v) is 7.49. The Labute approximate surface area is 261 Å². The maximum Gasteiger partial charge on any atom is 0.324 e. The summed E-state index contributed by atoms with van der Waals surface area (Å²) in [5.41, 5.74) is 2.07. The number of nitrogens with one attached hydrogen (secondary N) is 3. The summed E-state index contributed by atoms with van der Waals surface area (Å²) in [6, 6.07) is 18.9. The zero-order valence-corrected chi connectivity index (χ0v) is 25.4. The second-order valence-corrected chi connectivity index (χ2v) is 11.9. The molecule has 0 atom stereocenters. The maximum absolute atomic E-state index is 13.1. The molecule has 2 aromatic heterocycles. The molecule has 3 N–H and O–H groups in total. The molecule has 4 amide bonds. The zero-order valence-electron chi connectivity index (χ0n) is 25.4. The molecule has 234 valence electrons. The highest BCUT2D eigenvalue weighted by molar-refractivity contribution is 5.99. The van der Waals surface area contributed by atoms with Crippen LogP contribution in [0.4, 0.5) is 21.1 Å². The number of urea groups is 1. The van der Waals surface area contributed by atoms with Gasteiger partial charge in [0, 0.05) is 54.8 Å². The van der Waals surface area contributed by atoms with Gasteiger partial charge < -0.3 is 30.2 Å². The molecule has 0 unspecified atom stereocenters. The third-order valence-electron chi connectivity index (χ3n) is 7.49. The first kappa shape index (κ1) is 31.0. The number of rotatable bonds is 8. The van der Waals surface area contributed by atoms with Crippen LogP contribution in [0.1, 0.15) is 49.7 Å². The van der Waals surface area contributed by atoms with Gasteiger partial charge in [0.2, 0.25) is 0 Å². The minimum Gasteiger partial charge on any atom is -0.530 e. The molecule has 12 nitrogen and oxygen atoms in total. The Morgan fingerprint density at radius 1 is 0.933 bits per heavy atom. The van der Waals surface area contributed by atoms with Crippen molar-refractivity contribution < 1.29 is 24.2 Å². The fourth-order valence-electron chi connectivity index (χ4n) is 4.90. The summed E-state index contributed by atoms with van der Waals surface area (Å²) in [5, 5.41) is 24.5. The molecule has 0 radical (unpaired) electrons. The van der Waals surface area contributed by atoms with E-state index in [9.17, 15) is 19.5 Å². The van der Waals surface area contributed by atoms with Crippen molar-refractivity contribution >= 4 is 29.5 Å². The lowest BCUT2D eigenvalue weighted by Gasteiger charge is -2.33. The van der Waals surface area contributed by atoms with Crippen molar-refractivity contribution in [1.82, 2.24) is 25.0 Å². The number of likely N-dealkylation sites (tertiary alicyclic amines) is 1. The third kappa shape index (κ3) is 8.17. The average molecular weight is 611 g/mol. The maximum atomic E-state index is 13.1. The highest BCUT2D eigenvalue weighted by Gasteiger charge is 2.23. The van der Waals surface area contributed by atoms with E-state index < -0.39 is 12.1 Å². The van der Waals surface area contributed by atoms with Gasteiger partial charge in [0.25, 0.3) is 5.91 Å². The first-order valence-corrected chi connectivity index (χ1v) is 14.8. The number of carbonyl (C=O) groups excluding carboxylic acids is 3. The van der Waals surface area contributed by atoms with Crippen molar-refractivity contribution in [2.45, 2.75) is 39.0 Å². The molecule has 45 heavy (non-hydrogen) atoms. The minimum absolute atomic E-state index is 0.188. The Bertz CT molecular complexity index is 1640. The lowest BCUT2D eigenvalue weighted by Crippen LogP contribution is -2.47. The van der Waals surface area contributed by atoms with Crippen LogP contribution in [0, 0.1) is 5.92 Å². The predicted molar refractivity (Wildman–Crippen MR) is 168 cm³/mol. The van der Waals surface area contributed by atoms with Crippen LogP contribution in [-0.2, 0) is 5.41 Å². The largest absolute Gasteiger partial charge is 0.530 e. The van der Waals surface area contributed by atoms with Crippen molar-refractivity contribution in [3.63, 3.8) is 0 Å². The summed E-state index contributed by atoms with van der Waals surface area (Å²) in [4.78, 5) is 42.4. The zero-order chi connectivity index (χ0) is 32.0. The lowest BCUT2D eigenvalue weighted by molar-refractivity contribution is -0.266. The topological polar surface area (TPSA) is 154 Å². The molecule has 0 aliphatic carbocycles. The van der Waals surface area contributed by atoms with Gasteiger partial charge in [-0.2, -0.15) is 5.10 Å². The number of benzene rings is 2. The van der Waals surface area contributed by atoms with E-state index in [2.05, 4.69) is 20.9 Å². The summed E-state index contributed by atoms with van der Waals surface area (Å²) >= 11 is 0. The number of carboxylic acid groups (broad SMARTS) is 1. The molecule has 12 heteroatoms. The van der Waals surface area contributed by atoms with Crippen molar-refractivity contribution in [3.8, 4) is 17.2 Å². The van der Waals surface area contributed by atoms with Crippen molar-refractivity contribution in [2.24, 2.45) is 5.92 Å². The molecule has 1 saturated heterocycles. The number of hydrogen-bond donors (Lipinski definition) is 3. The van der Waals surface area contributed by atoms with Crippen molar-refractivity contribution in [2.75, 3.05) is 30.3 Å². The Hall–Kier alpha value is -5.39. The van der Waals surface area contributed by atoms with Gasteiger partial charge in [-0.3, -0.25) is 15.1 Å². The summed E-state index contributed by atoms with van der Waals surface area (Å²) in [6.45, 7) is 7.34. The number of hydrogen-bond acceptors (Lipinski definition) is 7. The number of carbonyl (C=O) groups is 3. The van der Waals surface area contributed by atoms with Gasteiger partial charge in [0.05, 0.1) is 11.4 Å². The molecule has 1 fully saturated rings. The molecule has 2 aromatic carbocycles. The van der Waals surface area contributed by atoms with Crippen molar-refractivity contribution in [3.05, 3.63) is 90.4 Å². The number of pyridine rings is 1. The molecular formula is C33H36N7O5-. The number of nitrogens with zero attached hydrogens (tertiary/aromatic N) is 4. The Kier molecular flexibility index (Phi) is 9.31. The molecule has 5 rings (SSSR count). The van der Waals surface area contributed by atoms with Crippen LogP contribution in [0.25, 0.3) is 5.69 Å². The fraction of sp³-hybridized carbons (Fsp3) is 0.303. The van der Waals surface area contributed by atoms with E-state index in [0.717, 1.165) is 5.69 Å². The molecular weight excluding hydrogens is 574 g/mol. The second kappa shape index (κ2) is 13.5. The van der Waals surface area contributed by atoms with Crippen LogP contribution in [0.3, 0.4) is 0 Å². The van der Waals surface area contributed by atoms with E-state index in [-0.39, 0.29) is 17.2 Å². The SMILES string of the molecule is CC(C)(C)c1cc(NC(=O)Nc2ccc(Oc3ccncc3)cc2)n(-c2cccc(C(=O)NCC3CCN(C(=O)[O-])CC3)c2)n1. The summed E-state index contributed by atoms with van der Waals surface area (Å²) in [7, 11) is 0. The van der Waals surface area contributed by atoms with E-state index in [4.69, 9.17) is 9.84 Å². The standard InChI is InChI=1S/C33H37N7O5/c1-33(2,3)28-20-29(37-31(42)36-24-7-9-26(10-8-24)45-27-11-15-34-16-12-27)40(38-28)25-6-4-5-23(19-25)30(41)35-21-22-13-17-39(18-14-22)32(43)44/h4-12,15-16,19-20,22H,13-14,17-18,21H2,1-3H3,(H,35,41)(H,43,44)(H2,36,37,42)/p-1. The number of anilines is 2. The fourth-order valence-corrected chi connectivity index (χ4v) is 4.90. The Morgan fingerprint density at radius 3 is 2.29 bits per heavy atom. The predicted octanol–water partition coefficient (Wildman–Crippen LogP) is 4.79. The highest BCUT2D eigenvalue weighted by Crippen LogP contribution is 2.27. The van der Waals surface area contributed by atoms with Crippen LogP contribution in [-0.4, -0.2) is 57.3 Å². The van der Waals surface area contributed by atoms with E-state index >= 15 is 0 Å². The first-order valence-electron chi connectivity index (χ1n) is 14.8. The molecule has 1 aliphatic heterocycles. The molecule has 0 spiro atoms. The first-order chi connectivity index (χ1) is 21.5. The molecule has 4 aromatic rings. The van der Waals surface area contributed by atoms with Gasteiger partial charge in [-0.05, 0) is 73.4 Å². The monoisotopic (exact) mass is 610 g/mol. The minimum atomic E-state index is -1.16. The van der Waals surface area contributed by atoms with Gasteiger partial charge >= 0.3 is 6.03 Å². The van der Waals surface area contributed by atoms with Gasteiger partial charge in [-0.1, -0.05) is 26.8 Å². The normalized spacial score (nSPS) is 13.6. The molecule has 0 saturated carbocycles. The van der Waals surface area contributed by atoms with Gasteiger partial charge in [0.15, 0.2) is 0 Å². The van der Waals surface area contributed by atoms with E-state index in [1.54, 1.807) is 71.7 Å². The highest BCUT2D eigenvalue weighted by atomic mass is 16.5. The summed E-state index contributed by atoms with van der Waals surface area (Å²) in [5.74, 6) is 1.65. The lowest BCUT2D eigenvalue weighted by atomic mass is 9.92. The Balaban J connectivity index is 1.26. The molecule has 3 heterocycles. The van der Waals surface area contributed by atoms with Crippen LogP contribution in [0.15, 0.2) is 79.1 Å². The van der Waals surface area contributed by atoms with Gasteiger partial charge in [0.1, 0.15) is 23.4 Å². The Morgan fingerprint density at radius 2 is 1.62 bits per heavy atom. The average Bonchev–Trinajstić information content (AvgIpc) is 3.46. The van der Waals surface area contributed by atoms with Crippen LogP contribution in [0.2, 0.25) is 0 Å². The van der Waals surface area contributed by atoms with Gasteiger partial charge in [-0.15, -0.1) is 0 Å². The summed E-state index contributed by atoms with van der Waals surface area (Å²) in [6.07, 6.45) is 3.46. The molecule has 0 bridgehead atoms. The van der Waals surface area contributed by atoms with E-state index in [1.807, 2.05) is 32.9 Å². The van der Waals surface area contributed by atoms with Crippen LogP contribution >= 0.6 is 0 Å². The molecule has 1 aliphatic rings. The van der Waals surface area contributed by atoms with Crippen LogP contribution < -0.4 is 25.8 Å².